The van der Waals surface area contributed by atoms with E-state index in [0.29, 0.717) is 18.0 Å². The fraction of sp³-hybridized carbons (Fsp3) is 0.407. The van der Waals surface area contributed by atoms with E-state index in [2.05, 4.69) is 55.3 Å². The van der Waals surface area contributed by atoms with E-state index in [4.69, 9.17) is 9.72 Å². The minimum atomic E-state index is -2.45. The number of ether oxygens (including phenoxy) is 1. The fourth-order valence-corrected chi connectivity index (χ4v) is 6.97. The lowest BCUT2D eigenvalue weighted by atomic mass is 9.87. The van der Waals surface area contributed by atoms with E-state index in [-0.39, 0.29) is 6.17 Å². The molecule has 0 saturated carbocycles. The van der Waals surface area contributed by atoms with Crippen LogP contribution in [-0.2, 0) is 11.1 Å². The summed E-state index contributed by atoms with van der Waals surface area (Å²) in [6.07, 6.45) is 9.20. The number of nitrogens with zero attached hydrogens (tertiary/aromatic N) is 5. The van der Waals surface area contributed by atoms with Gasteiger partial charge in [-0.1, -0.05) is 6.07 Å². The molecule has 10 nitrogen and oxygen atoms in total. The number of aromatic nitrogens is 2. The first-order valence-electron chi connectivity index (χ1n) is 13.1. The van der Waals surface area contributed by atoms with Gasteiger partial charge in [-0.05, 0) is 43.5 Å². The van der Waals surface area contributed by atoms with Crippen LogP contribution in [0.4, 0.5) is 5.82 Å². The van der Waals surface area contributed by atoms with Crippen molar-refractivity contribution in [3.63, 3.8) is 0 Å². The molecule has 0 aromatic carbocycles. The molecule has 6 aliphatic rings. The Labute approximate surface area is 222 Å². The molecule has 3 unspecified atom stereocenters. The molecule has 0 aliphatic carbocycles. The molecular formula is C27H33N8O2P. The van der Waals surface area contributed by atoms with Gasteiger partial charge in [0.2, 0.25) is 5.88 Å². The summed E-state index contributed by atoms with van der Waals surface area (Å²) in [5, 5.41) is 2.88. The van der Waals surface area contributed by atoms with Crippen molar-refractivity contribution in [3.05, 3.63) is 76.6 Å². The SMILES string of the molecule is COc1ccc(CN2C3CC2CN(c2ccc(C4=CC(P(C)(C)=O)=CN5NC6NNCC6=C45)cn2)C3)cn1. The van der Waals surface area contributed by atoms with Crippen LogP contribution in [0.2, 0.25) is 0 Å². The first-order chi connectivity index (χ1) is 18.4. The summed E-state index contributed by atoms with van der Waals surface area (Å²) >= 11 is 0. The summed E-state index contributed by atoms with van der Waals surface area (Å²) in [6.45, 7) is 7.26. The number of nitrogens with one attached hydrogen (secondary N) is 3. The molecule has 3 atom stereocenters. The fourth-order valence-electron chi connectivity index (χ4n) is 6.13. The van der Waals surface area contributed by atoms with E-state index in [1.807, 2.05) is 43.0 Å². The highest BCUT2D eigenvalue weighted by atomic mass is 31.2. The monoisotopic (exact) mass is 532 g/mol. The lowest BCUT2D eigenvalue weighted by Crippen LogP contribution is -2.68. The van der Waals surface area contributed by atoms with Crippen LogP contribution >= 0.6 is 7.14 Å². The Morgan fingerprint density at radius 2 is 1.95 bits per heavy atom. The first-order valence-corrected chi connectivity index (χ1v) is 15.7. The average molecular weight is 533 g/mol. The largest absolute Gasteiger partial charge is 0.481 e. The number of allylic oxidation sites excluding steroid dienone is 3. The number of fused-ring (bicyclic) bond motifs is 4. The third-order valence-corrected chi connectivity index (χ3v) is 9.70. The summed E-state index contributed by atoms with van der Waals surface area (Å²) < 4.78 is 18.2. The van der Waals surface area contributed by atoms with Gasteiger partial charge in [0.15, 0.2) is 0 Å². The van der Waals surface area contributed by atoms with Gasteiger partial charge in [0, 0.05) is 84.9 Å². The highest BCUT2D eigenvalue weighted by Gasteiger charge is 2.45. The molecule has 0 radical (unpaired) electrons. The second kappa shape index (κ2) is 9.03. The maximum absolute atomic E-state index is 13.0. The van der Waals surface area contributed by atoms with Crippen molar-refractivity contribution in [1.29, 1.82) is 0 Å². The van der Waals surface area contributed by atoms with Crippen LogP contribution in [0.15, 0.2) is 65.5 Å². The summed E-state index contributed by atoms with van der Waals surface area (Å²) in [7, 11) is -0.803. The number of rotatable bonds is 6. The van der Waals surface area contributed by atoms with Crippen molar-refractivity contribution in [1.82, 2.24) is 36.2 Å². The Morgan fingerprint density at radius 1 is 1.11 bits per heavy atom. The van der Waals surface area contributed by atoms with Crippen LogP contribution in [0, 0.1) is 0 Å². The van der Waals surface area contributed by atoms with Crippen LogP contribution in [0.3, 0.4) is 0 Å². The van der Waals surface area contributed by atoms with Crippen molar-refractivity contribution in [2.45, 2.75) is 31.2 Å². The van der Waals surface area contributed by atoms with E-state index < -0.39 is 7.14 Å². The molecule has 198 valence electrons. The summed E-state index contributed by atoms with van der Waals surface area (Å²) in [5.41, 5.74) is 15.6. The molecule has 11 heteroatoms. The molecule has 8 heterocycles. The molecule has 4 saturated heterocycles. The number of anilines is 1. The van der Waals surface area contributed by atoms with Gasteiger partial charge in [0.25, 0.3) is 0 Å². The molecule has 6 aliphatic heterocycles. The standard InChI is InChI=1S/C27H33N8O2P/c1-37-25-7-4-17(10-29-25)13-34-19-8-20(34)15-33(14-19)24-6-5-18(11-28-24)22-9-21(38(2,3)36)16-35-26(22)23-12-30-31-27(23)32-35/h4-7,9-11,16,19-20,27,30-32H,8,12-15H2,1-3H3. The first kappa shape index (κ1) is 24.1. The van der Waals surface area contributed by atoms with Crippen molar-refractivity contribution >= 4 is 18.5 Å². The zero-order valence-corrected chi connectivity index (χ0v) is 22.8. The Balaban J connectivity index is 1.09. The maximum atomic E-state index is 13.0. The number of pyridine rings is 2. The van der Waals surface area contributed by atoms with E-state index in [0.717, 1.165) is 54.1 Å². The van der Waals surface area contributed by atoms with Crippen molar-refractivity contribution < 1.29 is 9.30 Å². The minimum Gasteiger partial charge on any atom is -0.481 e. The molecule has 2 aromatic rings. The van der Waals surface area contributed by atoms with Crippen molar-refractivity contribution in [3.8, 4) is 5.88 Å². The maximum Gasteiger partial charge on any atom is 0.212 e. The predicted octanol–water partition coefficient (Wildman–Crippen LogP) is 2.32. The van der Waals surface area contributed by atoms with Gasteiger partial charge >= 0.3 is 0 Å². The average Bonchev–Trinajstić information content (AvgIpc) is 3.52. The highest BCUT2D eigenvalue weighted by molar-refractivity contribution is 7.66. The van der Waals surface area contributed by atoms with E-state index in [1.54, 1.807) is 7.11 Å². The van der Waals surface area contributed by atoms with Gasteiger partial charge in [0.05, 0.1) is 12.8 Å². The smallest absolute Gasteiger partial charge is 0.212 e. The Hall–Kier alpha value is -3.01. The molecule has 0 spiro atoms. The number of piperazine rings is 1. The molecule has 0 amide bonds. The lowest BCUT2D eigenvalue weighted by molar-refractivity contribution is -0.00877. The van der Waals surface area contributed by atoms with E-state index in [1.165, 1.54) is 17.6 Å². The minimum absolute atomic E-state index is 0.0287. The number of methoxy groups -OCH3 is 1. The van der Waals surface area contributed by atoms with E-state index in [9.17, 15) is 4.57 Å². The van der Waals surface area contributed by atoms with Gasteiger partial charge in [-0.3, -0.25) is 15.3 Å². The topological polar surface area (TPSA) is 97.9 Å². The van der Waals surface area contributed by atoms with Gasteiger partial charge in [-0.15, -0.1) is 0 Å². The molecule has 2 bridgehead atoms. The zero-order chi connectivity index (χ0) is 26.0. The van der Waals surface area contributed by atoms with E-state index >= 15 is 0 Å². The van der Waals surface area contributed by atoms with Crippen molar-refractivity contribution in [2.24, 2.45) is 0 Å². The summed E-state index contributed by atoms with van der Waals surface area (Å²) in [5.74, 6) is 1.66. The van der Waals surface area contributed by atoms with Crippen LogP contribution in [0.25, 0.3) is 5.57 Å². The molecule has 4 fully saturated rings. The Kier molecular flexibility index (Phi) is 5.72. The number of piperidine rings is 1. The zero-order valence-electron chi connectivity index (χ0n) is 21.9. The molecular weight excluding hydrogens is 499 g/mol. The van der Waals surface area contributed by atoms with Crippen LogP contribution in [0.1, 0.15) is 17.5 Å². The molecule has 8 rings (SSSR count). The third-order valence-electron chi connectivity index (χ3n) is 8.22. The van der Waals surface area contributed by atoms with Gasteiger partial charge in [0.1, 0.15) is 19.1 Å². The molecule has 38 heavy (non-hydrogen) atoms. The van der Waals surface area contributed by atoms with Crippen molar-refractivity contribution in [2.75, 3.05) is 45.0 Å². The van der Waals surface area contributed by atoms with Gasteiger partial charge < -0.3 is 14.2 Å². The van der Waals surface area contributed by atoms with Crippen LogP contribution in [0.5, 0.6) is 5.88 Å². The number of hydrazine groups is 2. The third kappa shape index (κ3) is 4.08. The Bertz CT molecular complexity index is 1390. The lowest BCUT2D eigenvalue weighted by Gasteiger charge is -2.56. The quantitative estimate of drug-likeness (QED) is 0.481. The normalized spacial score (nSPS) is 26.6. The number of hydrogen-bond donors (Lipinski definition) is 3. The van der Waals surface area contributed by atoms with Crippen LogP contribution < -0.4 is 25.9 Å². The van der Waals surface area contributed by atoms with Gasteiger partial charge in [-0.2, -0.15) is 0 Å². The predicted molar refractivity (Wildman–Crippen MR) is 147 cm³/mol. The second-order valence-electron chi connectivity index (χ2n) is 11.0. The molecule has 2 aromatic heterocycles. The highest BCUT2D eigenvalue weighted by Crippen LogP contribution is 2.51. The van der Waals surface area contributed by atoms with Crippen LogP contribution in [-0.4, -0.2) is 78.2 Å². The molecule has 3 N–H and O–H groups in total. The second-order valence-corrected chi connectivity index (χ2v) is 14.2. The van der Waals surface area contributed by atoms with Gasteiger partial charge in [-0.25, -0.2) is 20.8 Å². The Morgan fingerprint density at radius 3 is 2.63 bits per heavy atom. The number of hydrogen-bond acceptors (Lipinski definition) is 10. The summed E-state index contributed by atoms with van der Waals surface area (Å²) in [4.78, 5) is 14.3. The summed E-state index contributed by atoms with van der Waals surface area (Å²) in [6, 6.07) is 9.38.